The Balaban J connectivity index is 2.27. The first-order chi connectivity index (χ1) is 6.91. The molecule has 2 N–H and O–H groups in total. The Labute approximate surface area is 95.8 Å². The highest BCUT2D eigenvalue weighted by Crippen LogP contribution is 2.39. The first kappa shape index (κ1) is 13.0. The summed E-state index contributed by atoms with van der Waals surface area (Å²) in [5.41, 5.74) is 6.86. The van der Waals surface area contributed by atoms with Crippen molar-refractivity contribution in [3.05, 3.63) is 0 Å². The van der Waals surface area contributed by atoms with Gasteiger partial charge in [-0.3, -0.25) is 0 Å². The largest absolute Gasteiger partial charge is 0.327 e. The summed E-state index contributed by atoms with van der Waals surface area (Å²) in [6, 6.07) is 0.462. The third-order valence-corrected chi connectivity index (χ3v) is 4.07. The van der Waals surface area contributed by atoms with E-state index in [0.717, 1.165) is 11.8 Å². The molecule has 1 rings (SSSR count). The molecule has 0 aromatic carbocycles. The Morgan fingerprint density at radius 1 is 1.13 bits per heavy atom. The first-order valence-electron chi connectivity index (χ1n) is 6.66. The molecule has 1 nitrogen and oxygen atoms in total. The molecular formula is C14H29N. The van der Waals surface area contributed by atoms with Crippen LogP contribution in [-0.2, 0) is 0 Å². The summed E-state index contributed by atoms with van der Waals surface area (Å²) in [7, 11) is 0. The van der Waals surface area contributed by atoms with Gasteiger partial charge in [-0.25, -0.2) is 0 Å². The van der Waals surface area contributed by atoms with Gasteiger partial charge in [0.2, 0.25) is 0 Å². The van der Waals surface area contributed by atoms with Crippen LogP contribution in [0.3, 0.4) is 0 Å². The molecular weight excluding hydrogens is 182 g/mol. The van der Waals surface area contributed by atoms with Crippen LogP contribution in [0.15, 0.2) is 0 Å². The molecule has 0 saturated heterocycles. The summed E-state index contributed by atoms with van der Waals surface area (Å²) in [5, 5.41) is 0. The van der Waals surface area contributed by atoms with Gasteiger partial charge in [-0.1, -0.05) is 27.7 Å². The molecule has 0 aromatic rings. The molecule has 1 heteroatoms. The van der Waals surface area contributed by atoms with E-state index >= 15 is 0 Å². The Morgan fingerprint density at radius 2 is 1.67 bits per heavy atom. The van der Waals surface area contributed by atoms with Gasteiger partial charge in [0.25, 0.3) is 0 Å². The highest BCUT2D eigenvalue weighted by atomic mass is 14.7. The van der Waals surface area contributed by atoms with Crippen molar-refractivity contribution < 1.29 is 0 Å². The Hall–Kier alpha value is -0.0400. The average molecular weight is 211 g/mol. The summed E-state index contributed by atoms with van der Waals surface area (Å²) in [6.45, 7) is 9.36. The fourth-order valence-electron chi connectivity index (χ4n) is 2.61. The Morgan fingerprint density at radius 3 is 2.13 bits per heavy atom. The highest BCUT2D eigenvalue weighted by molar-refractivity contribution is 4.83. The highest BCUT2D eigenvalue weighted by Gasteiger charge is 2.29. The van der Waals surface area contributed by atoms with Gasteiger partial charge >= 0.3 is 0 Å². The number of hydrogen-bond acceptors (Lipinski definition) is 1. The quantitative estimate of drug-likeness (QED) is 0.748. The molecule has 0 aliphatic heterocycles. The van der Waals surface area contributed by atoms with Gasteiger partial charge < -0.3 is 5.73 Å². The van der Waals surface area contributed by atoms with Crippen LogP contribution in [0.5, 0.6) is 0 Å². The summed E-state index contributed by atoms with van der Waals surface area (Å²) >= 11 is 0. The Bertz CT molecular complexity index is 174. The zero-order valence-electron chi connectivity index (χ0n) is 11.1. The minimum absolute atomic E-state index is 0.462. The monoisotopic (exact) mass is 211 g/mol. The molecule has 0 heterocycles. The lowest BCUT2D eigenvalue weighted by Gasteiger charge is -2.37. The van der Waals surface area contributed by atoms with E-state index in [1.54, 1.807) is 0 Å². The molecule has 1 saturated carbocycles. The van der Waals surface area contributed by atoms with Crippen molar-refractivity contribution in [1.29, 1.82) is 0 Å². The fraction of sp³-hybridized carbons (Fsp3) is 1.00. The van der Waals surface area contributed by atoms with E-state index in [1.807, 2.05) is 0 Å². The maximum atomic E-state index is 6.29. The summed E-state index contributed by atoms with van der Waals surface area (Å²) in [6.07, 6.45) is 7.96. The van der Waals surface area contributed by atoms with Crippen LogP contribution in [-0.4, -0.2) is 6.04 Å². The van der Waals surface area contributed by atoms with Gasteiger partial charge in [-0.15, -0.1) is 0 Å². The molecule has 0 spiro atoms. The lowest BCUT2D eigenvalue weighted by molar-refractivity contribution is 0.168. The molecule has 0 radical (unpaired) electrons. The molecule has 0 aromatic heterocycles. The van der Waals surface area contributed by atoms with E-state index < -0.39 is 0 Å². The minimum atomic E-state index is 0.462. The van der Waals surface area contributed by atoms with E-state index in [9.17, 15) is 0 Å². The standard InChI is InChI=1S/C14H29N/c1-11(2)5-6-13(15)12-7-9-14(3,4)10-8-12/h11-13H,5-10,15H2,1-4H3. The SMILES string of the molecule is CC(C)CCC(N)C1CCC(C)(C)CC1. The third kappa shape index (κ3) is 4.55. The Kier molecular flexibility index (Phi) is 4.64. The second kappa shape index (κ2) is 5.34. The average Bonchev–Trinajstić information content (AvgIpc) is 2.14. The molecule has 0 bridgehead atoms. The molecule has 1 aliphatic carbocycles. The van der Waals surface area contributed by atoms with Gasteiger partial charge in [0, 0.05) is 6.04 Å². The molecule has 1 fully saturated rings. The lowest BCUT2D eigenvalue weighted by Crippen LogP contribution is -2.35. The van der Waals surface area contributed by atoms with Crippen molar-refractivity contribution in [3.8, 4) is 0 Å². The van der Waals surface area contributed by atoms with E-state index in [2.05, 4.69) is 27.7 Å². The number of hydrogen-bond donors (Lipinski definition) is 1. The van der Waals surface area contributed by atoms with Crippen LogP contribution >= 0.6 is 0 Å². The van der Waals surface area contributed by atoms with Crippen molar-refractivity contribution in [2.75, 3.05) is 0 Å². The molecule has 1 atom stereocenters. The molecule has 15 heavy (non-hydrogen) atoms. The first-order valence-corrected chi connectivity index (χ1v) is 6.66. The van der Waals surface area contributed by atoms with Gasteiger partial charge in [0.15, 0.2) is 0 Å². The molecule has 1 aliphatic rings. The predicted molar refractivity (Wildman–Crippen MR) is 67.8 cm³/mol. The van der Waals surface area contributed by atoms with Gasteiger partial charge in [0.05, 0.1) is 0 Å². The molecule has 1 unspecified atom stereocenters. The van der Waals surface area contributed by atoms with E-state index in [4.69, 9.17) is 5.73 Å². The topological polar surface area (TPSA) is 26.0 Å². The maximum absolute atomic E-state index is 6.29. The van der Waals surface area contributed by atoms with E-state index in [-0.39, 0.29) is 0 Å². The smallest absolute Gasteiger partial charge is 0.00672 e. The lowest BCUT2D eigenvalue weighted by atomic mass is 9.70. The van der Waals surface area contributed by atoms with Crippen LogP contribution in [0.25, 0.3) is 0 Å². The minimum Gasteiger partial charge on any atom is -0.327 e. The molecule has 90 valence electrons. The van der Waals surface area contributed by atoms with Crippen molar-refractivity contribution in [3.63, 3.8) is 0 Å². The normalized spacial score (nSPS) is 24.4. The predicted octanol–water partition coefficient (Wildman–Crippen LogP) is 3.97. The van der Waals surface area contributed by atoms with Gasteiger partial charge in [-0.2, -0.15) is 0 Å². The van der Waals surface area contributed by atoms with Crippen LogP contribution in [0.2, 0.25) is 0 Å². The van der Waals surface area contributed by atoms with Crippen molar-refractivity contribution in [2.45, 2.75) is 72.3 Å². The number of rotatable bonds is 4. The zero-order valence-corrected chi connectivity index (χ0v) is 11.1. The molecule has 0 amide bonds. The second-order valence-electron chi connectivity index (χ2n) is 6.64. The van der Waals surface area contributed by atoms with Crippen molar-refractivity contribution in [1.82, 2.24) is 0 Å². The van der Waals surface area contributed by atoms with Gasteiger partial charge in [-0.05, 0) is 55.8 Å². The number of nitrogens with two attached hydrogens (primary N) is 1. The second-order valence-corrected chi connectivity index (χ2v) is 6.64. The summed E-state index contributed by atoms with van der Waals surface area (Å²) in [4.78, 5) is 0. The summed E-state index contributed by atoms with van der Waals surface area (Å²) in [5.74, 6) is 1.60. The maximum Gasteiger partial charge on any atom is 0.00672 e. The van der Waals surface area contributed by atoms with Gasteiger partial charge in [0.1, 0.15) is 0 Å². The van der Waals surface area contributed by atoms with E-state index in [1.165, 1.54) is 38.5 Å². The fourth-order valence-corrected chi connectivity index (χ4v) is 2.61. The summed E-state index contributed by atoms with van der Waals surface area (Å²) < 4.78 is 0. The van der Waals surface area contributed by atoms with Crippen molar-refractivity contribution >= 4 is 0 Å². The van der Waals surface area contributed by atoms with Crippen LogP contribution in [0.1, 0.15) is 66.2 Å². The van der Waals surface area contributed by atoms with Crippen LogP contribution < -0.4 is 5.73 Å². The zero-order chi connectivity index (χ0) is 11.5. The third-order valence-electron chi connectivity index (χ3n) is 4.07. The van der Waals surface area contributed by atoms with Crippen LogP contribution in [0, 0.1) is 17.3 Å². The van der Waals surface area contributed by atoms with Crippen LogP contribution in [0.4, 0.5) is 0 Å². The van der Waals surface area contributed by atoms with Crippen molar-refractivity contribution in [2.24, 2.45) is 23.0 Å². The van der Waals surface area contributed by atoms with E-state index in [0.29, 0.717) is 11.5 Å².